The maximum atomic E-state index is 11.9. The van der Waals surface area contributed by atoms with Crippen LogP contribution in [-0.4, -0.2) is 62.0 Å². The molecule has 1 aliphatic carbocycles. The molecule has 0 radical (unpaired) electrons. The molecule has 2 aliphatic rings. The number of likely N-dealkylation sites (N-methyl/N-ethyl adjacent to an activating group) is 1. The minimum atomic E-state index is 0.265. The van der Waals surface area contributed by atoms with Gasteiger partial charge in [-0.3, -0.25) is 9.69 Å². The Kier molecular flexibility index (Phi) is 4.56. The molecule has 1 saturated heterocycles. The molecule has 1 aromatic rings. The number of nitrogens with zero attached hydrogens (tertiary/aromatic N) is 2. The lowest BCUT2D eigenvalue weighted by molar-refractivity contribution is 0.0970. The predicted molar refractivity (Wildman–Crippen MR) is 83.1 cm³/mol. The Morgan fingerprint density at radius 3 is 2.76 bits per heavy atom. The maximum absolute atomic E-state index is 11.9. The number of carbonyl (C=O) groups is 1. The number of Topliss-reactive ketones (excluding diaryl/α,β-unsaturated/α-hetero) is 1. The number of benzene rings is 1. The summed E-state index contributed by atoms with van der Waals surface area (Å²) < 4.78 is 5.97. The smallest absolute Gasteiger partial charge is 0.163 e. The van der Waals surface area contributed by atoms with E-state index in [1.807, 2.05) is 18.2 Å². The van der Waals surface area contributed by atoms with E-state index in [-0.39, 0.29) is 5.78 Å². The second kappa shape index (κ2) is 6.58. The Hall–Kier alpha value is -1.39. The zero-order valence-electron chi connectivity index (χ0n) is 12.8. The summed E-state index contributed by atoms with van der Waals surface area (Å²) in [7, 11) is 2.17. The molecule has 0 saturated carbocycles. The second-order valence-electron chi connectivity index (χ2n) is 6.05. The van der Waals surface area contributed by atoms with Crippen molar-refractivity contribution in [1.82, 2.24) is 9.80 Å². The molecule has 0 amide bonds. The first kappa shape index (κ1) is 14.5. The summed E-state index contributed by atoms with van der Waals surface area (Å²) in [5.41, 5.74) is 1.99. The number of carbonyl (C=O) groups excluding carboxylic acids is 1. The van der Waals surface area contributed by atoms with Crippen LogP contribution in [0.2, 0.25) is 0 Å². The third-order valence-electron chi connectivity index (χ3n) is 4.53. The lowest BCUT2D eigenvalue weighted by atomic mass is 9.90. The lowest BCUT2D eigenvalue weighted by Crippen LogP contribution is -2.45. The monoisotopic (exact) mass is 288 g/mol. The van der Waals surface area contributed by atoms with Gasteiger partial charge in [-0.05, 0) is 26.0 Å². The minimum absolute atomic E-state index is 0.265. The first-order valence-electron chi connectivity index (χ1n) is 7.93. The summed E-state index contributed by atoms with van der Waals surface area (Å²) in [6, 6.07) is 5.87. The van der Waals surface area contributed by atoms with Crippen molar-refractivity contribution in [2.75, 3.05) is 46.4 Å². The molecule has 3 rings (SSSR count). The van der Waals surface area contributed by atoms with Crippen LogP contribution in [0.25, 0.3) is 0 Å². The van der Waals surface area contributed by atoms with Gasteiger partial charge in [-0.15, -0.1) is 0 Å². The van der Waals surface area contributed by atoms with E-state index >= 15 is 0 Å². The molecule has 0 spiro atoms. The number of hydrogen-bond acceptors (Lipinski definition) is 4. The normalized spacial score (nSPS) is 20.3. The number of rotatable bonds is 4. The van der Waals surface area contributed by atoms with Crippen LogP contribution in [0.1, 0.15) is 28.8 Å². The summed E-state index contributed by atoms with van der Waals surface area (Å²) in [6.07, 6.45) is 2.59. The van der Waals surface area contributed by atoms with E-state index in [9.17, 15) is 4.79 Å². The molecular weight excluding hydrogens is 264 g/mol. The highest BCUT2D eigenvalue weighted by Gasteiger charge is 2.20. The highest BCUT2D eigenvalue weighted by atomic mass is 16.5. The van der Waals surface area contributed by atoms with E-state index in [1.54, 1.807) is 0 Å². The third kappa shape index (κ3) is 3.44. The molecular formula is C17H24N2O2. The number of piperazine rings is 1. The van der Waals surface area contributed by atoms with Gasteiger partial charge in [-0.2, -0.15) is 0 Å². The first-order chi connectivity index (χ1) is 10.2. The van der Waals surface area contributed by atoms with Gasteiger partial charge in [0.2, 0.25) is 0 Å². The average molecular weight is 288 g/mol. The van der Waals surface area contributed by atoms with Crippen molar-refractivity contribution in [3.63, 3.8) is 0 Å². The van der Waals surface area contributed by atoms with E-state index in [0.29, 0.717) is 13.0 Å². The number of ketones is 1. The molecule has 21 heavy (non-hydrogen) atoms. The van der Waals surface area contributed by atoms with Crippen LogP contribution in [0.3, 0.4) is 0 Å². The van der Waals surface area contributed by atoms with Gasteiger partial charge < -0.3 is 9.64 Å². The van der Waals surface area contributed by atoms with Crippen LogP contribution in [0.15, 0.2) is 18.2 Å². The summed E-state index contributed by atoms with van der Waals surface area (Å²) in [5.74, 6) is 1.18. The zero-order valence-corrected chi connectivity index (χ0v) is 12.8. The van der Waals surface area contributed by atoms with Gasteiger partial charge in [-0.25, -0.2) is 0 Å². The van der Waals surface area contributed by atoms with E-state index in [4.69, 9.17) is 4.74 Å². The highest BCUT2D eigenvalue weighted by Crippen LogP contribution is 2.29. The Balaban J connectivity index is 1.56. The number of ether oxygens (including phenoxy) is 1. The molecule has 0 atom stereocenters. The molecule has 1 aliphatic heterocycles. The number of hydrogen-bond donors (Lipinski definition) is 0. The Morgan fingerprint density at radius 1 is 1.14 bits per heavy atom. The fraction of sp³-hybridized carbons (Fsp3) is 0.588. The van der Waals surface area contributed by atoms with Crippen LogP contribution in [-0.2, 0) is 6.42 Å². The van der Waals surface area contributed by atoms with Crippen molar-refractivity contribution in [2.45, 2.75) is 19.3 Å². The molecule has 0 N–H and O–H groups in total. The van der Waals surface area contributed by atoms with Crippen molar-refractivity contribution >= 4 is 5.78 Å². The van der Waals surface area contributed by atoms with Gasteiger partial charge in [0.05, 0.1) is 0 Å². The van der Waals surface area contributed by atoms with Crippen molar-refractivity contribution < 1.29 is 9.53 Å². The minimum Gasteiger partial charge on any atom is -0.492 e. The van der Waals surface area contributed by atoms with Gasteiger partial charge in [0.15, 0.2) is 5.78 Å². The molecule has 4 heteroatoms. The van der Waals surface area contributed by atoms with Gasteiger partial charge in [0, 0.05) is 50.3 Å². The third-order valence-corrected chi connectivity index (χ3v) is 4.53. The van der Waals surface area contributed by atoms with E-state index in [0.717, 1.165) is 62.4 Å². The van der Waals surface area contributed by atoms with Crippen molar-refractivity contribution in [1.29, 1.82) is 0 Å². The van der Waals surface area contributed by atoms with Gasteiger partial charge in [-0.1, -0.05) is 12.1 Å². The molecule has 1 fully saturated rings. The molecule has 0 unspecified atom stereocenters. The first-order valence-corrected chi connectivity index (χ1v) is 7.93. The Labute approximate surface area is 126 Å². The highest BCUT2D eigenvalue weighted by molar-refractivity contribution is 5.99. The van der Waals surface area contributed by atoms with Crippen LogP contribution < -0.4 is 4.74 Å². The van der Waals surface area contributed by atoms with Crippen LogP contribution in [0.4, 0.5) is 0 Å². The Morgan fingerprint density at radius 2 is 1.95 bits per heavy atom. The summed E-state index contributed by atoms with van der Waals surface area (Å²) in [6.45, 7) is 6.17. The molecule has 1 heterocycles. The SMILES string of the molecule is CN1CCN(CCOc2cccc3c2CCCC3=O)CC1. The van der Waals surface area contributed by atoms with E-state index < -0.39 is 0 Å². The van der Waals surface area contributed by atoms with Gasteiger partial charge >= 0.3 is 0 Å². The molecule has 0 aromatic heterocycles. The maximum Gasteiger partial charge on any atom is 0.163 e. The van der Waals surface area contributed by atoms with Crippen molar-refractivity contribution in [3.05, 3.63) is 29.3 Å². The number of fused-ring (bicyclic) bond motifs is 1. The molecule has 1 aromatic carbocycles. The zero-order chi connectivity index (χ0) is 14.7. The van der Waals surface area contributed by atoms with Crippen molar-refractivity contribution in [3.8, 4) is 5.75 Å². The fourth-order valence-corrected chi connectivity index (χ4v) is 3.14. The average Bonchev–Trinajstić information content (AvgIpc) is 2.50. The molecule has 4 nitrogen and oxygen atoms in total. The standard InChI is InChI=1S/C17H24N2O2/c1-18-8-10-19(11-9-18)12-13-21-17-7-3-4-14-15(17)5-2-6-16(14)20/h3-4,7H,2,5-6,8-13H2,1H3. The summed E-state index contributed by atoms with van der Waals surface area (Å²) in [4.78, 5) is 16.7. The van der Waals surface area contributed by atoms with E-state index in [2.05, 4.69) is 16.8 Å². The fourth-order valence-electron chi connectivity index (χ4n) is 3.14. The topological polar surface area (TPSA) is 32.8 Å². The second-order valence-corrected chi connectivity index (χ2v) is 6.05. The quantitative estimate of drug-likeness (QED) is 0.846. The summed E-state index contributed by atoms with van der Waals surface area (Å²) in [5, 5.41) is 0. The lowest BCUT2D eigenvalue weighted by Gasteiger charge is -2.32. The van der Waals surface area contributed by atoms with Gasteiger partial charge in [0.1, 0.15) is 12.4 Å². The molecule has 0 bridgehead atoms. The van der Waals surface area contributed by atoms with Crippen LogP contribution in [0.5, 0.6) is 5.75 Å². The largest absolute Gasteiger partial charge is 0.492 e. The predicted octanol–water partition coefficient (Wildman–Crippen LogP) is 1.83. The van der Waals surface area contributed by atoms with Crippen LogP contribution >= 0.6 is 0 Å². The van der Waals surface area contributed by atoms with E-state index in [1.165, 1.54) is 0 Å². The van der Waals surface area contributed by atoms with Gasteiger partial charge in [0.25, 0.3) is 0 Å². The van der Waals surface area contributed by atoms with Crippen molar-refractivity contribution in [2.24, 2.45) is 0 Å². The molecule has 114 valence electrons. The summed E-state index contributed by atoms with van der Waals surface area (Å²) >= 11 is 0. The Bertz CT molecular complexity index is 508. The van der Waals surface area contributed by atoms with Crippen LogP contribution in [0, 0.1) is 0 Å².